The quantitative estimate of drug-likeness (QED) is 0.0261. The van der Waals surface area contributed by atoms with E-state index < -0.39 is 6.10 Å². The smallest absolute Gasteiger partial charge is 0.306 e. The van der Waals surface area contributed by atoms with Crippen LogP contribution in [0.5, 0.6) is 0 Å². The lowest BCUT2D eigenvalue weighted by Crippen LogP contribution is -2.30. The van der Waals surface area contributed by atoms with E-state index >= 15 is 0 Å². The highest BCUT2D eigenvalue weighted by Crippen LogP contribution is 2.18. The largest absolute Gasteiger partial charge is 0.462 e. The summed E-state index contributed by atoms with van der Waals surface area (Å²) in [6.07, 6.45) is 92.1. The molecule has 82 heavy (non-hydrogen) atoms. The van der Waals surface area contributed by atoms with E-state index in [1.807, 2.05) is 0 Å². The van der Waals surface area contributed by atoms with Crippen LogP contribution in [0.15, 0.2) is 72.9 Å². The molecular weight excluding hydrogens is 1010 g/mol. The maximum Gasteiger partial charge on any atom is 0.306 e. The zero-order valence-corrected chi connectivity index (χ0v) is 54.8. The zero-order valence-electron chi connectivity index (χ0n) is 54.8. The minimum absolute atomic E-state index is 0.0766. The van der Waals surface area contributed by atoms with E-state index in [-0.39, 0.29) is 31.1 Å². The summed E-state index contributed by atoms with van der Waals surface area (Å²) in [5.74, 6) is -0.867. The maximum absolute atomic E-state index is 13.0. The van der Waals surface area contributed by atoms with Gasteiger partial charge in [0.25, 0.3) is 0 Å². The Balaban J connectivity index is 4.29. The van der Waals surface area contributed by atoms with Crippen LogP contribution in [0.3, 0.4) is 0 Å². The van der Waals surface area contributed by atoms with Crippen molar-refractivity contribution in [1.82, 2.24) is 0 Å². The molecule has 0 bridgehead atoms. The molecule has 0 amide bonds. The molecule has 0 N–H and O–H groups in total. The van der Waals surface area contributed by atoms with Gasteiger partial charge >= 0.3 is 17.9 Å². The molecule has 0 rings (SSSR count). The molecule has 1 atom stereocenters. The number of unbranched alkanes of at least 4 members (excludes halogenated alkanes) is 43. The minimum atomic E-state index is -0.783. The van der Waals surface area contributed by atoms with Gasteiger partial charge in [0.15, 0.2) is 6.10 Å². The van der Waals surface area contributed by atoms with E-state index in [1.54, 1.807) is 0 Å². The molecule has 0 saturated carbocycles. The van der Waals surface area contributed by atoms with Gasteiger partial charge in [-0.2, -0.15) is 0 Å². The fourth-order valence-electron chi connectivity index (χ4n) is 10.5. The van der Waals surface area contributed by atoms with Crippen LogP contribution in [0, 0.1) is 0 Å². The Bertz CT molecular complexity index is 1500. The van der Waals surface area contributed by atoms with E-state index in [0.717, 1.165) is 96.3 Å². The molecule has 0 aromatic heterocycles. The molecule has 0 aromatic carbocycles. The lowest BCUT2D eigenvalue weighted by molar-refractivity contribution is -0.167. The van der Waals surface area contributed by atoms with Gasteiger partial charge in [-0.25, -0.2) is 0 Å². The van der Waals surface area contributed by atoms with Crippen LogP contribution in [0.1, 0.15) is 374 Å². The van der Waals surface area contributed by atoms with Gasteiger partial charge in [0, 0.05) is 19.3 Å². The minimum Gasteiger partial charge on any atom is -0.462 e. The van der Waals surface area contributed by atoms with Gasteiger partial charge in [0.2, 0.25) is 0 Å². The number of hydrogen-bond acceptors (Lipinski definition) is 6. The van der Waals surface area contributed by atoms with Gasteiger partial charge in [-0.3, -0.25) is 14.4 Å². The van der Waals surface area contributed by atoms with Gasteiger partial charge in [-0.05, 0) is 96.3 Å². The van der Waals surface area contributed by atoms with Crippen molar-refractivity contribution in [3.05, 3.63) is 72.9 Å². The Hall–Kier alpha value is -3.15. The number of hydrogen-bond donors (Lipinski definition) is 0. The molecule has 0 fully saturated rings. The van der Waals surface area contributed by atoms with Crippen LogP contribution in [-0.4, -0.2) is 37.2 Å². The Kier molecular flexibility index (Phi) is 67.6. The summed E-state index contributed by atoms with van der Waals surface area (Å²) in [6, 6.07) is 0. The fourth-order valence-corrected chi connectivity index (χ4v) is 10.5. The number of esters is 3. The number of rotatable bonds is 66. The van der Waals surface area contributed by atoms with Crippen LogP contribution in [-0.2, 0) is 28.6 Å². The van der Waals surface area contributed by atoms with Gasteiger partial charge < -0.3 is 14.2 Å². The summed E-state index contributed by atoms with van der Waals surface area (Å²) in [5.41, 5.74) is 0. The van der Waals surface area contributed by atoms with Crippen molar-refractivity contribution >= 4 is 17.9 Å². The van der Waals surface area contributed by atoms with Gasteiger partial charge in [0.1, 0.15) is 13.2 Å². The van der Waals surface area contributed by atoms with Crippen molar-refractivity contribution in [3.8, 4) is 0 Å². The maximum atomic E-state index is 13.0. The first-order valence-electron chi connectivity index (χ1n) is 35.9. The molecule has 6 nitrogen and oxygen atoms in total. The third-order valence-corrected chi connectivity index (χ3v) is 15.9. The highest BCUT2D eigenvalue weighted by Gasteiger charge is 2.19. The van der Waals surface area contributed by atoms with E-state index in [1.165, 1.54) is 238 Å². The molecule has 1 unspecified atom stereocenters. The van der Waals surface area contributed by atoms with E-state index in [2.05, 4.69) is 93.7 Å². The van der Waals surface area contributed by atoms with Crippen LogP contribution in [0.2, 0.25) is 0 Å². The van der Waals surface area contributed by atoms with E-state index in [4.69, 9.17) is 14.2 Å². The topological polar surface area (TPSA) is 78.9 Å². The first-order valence-corrected chi connectivity index (χ1v) is 35.9. The average Bonchev–Trinajstić information content (AvgIpc) is 3.47. The highest BCUT2D eigenvalue weighted by molar-refractivity contribution is 5.71. The summed E-state index contributed by atoms with van der Waals surface area (Å²) >= 11 is 0. The normalized spacial score (nSPS) is 12.5. The second-order valence-electron chi connectivity index (χ2n) is 24.1. The van der Waals surface area contributed by atoms with E-state index in [9.17, 15) is 14.4 Å². The number of ether oxygens (including phenoxy) is 3. The van der Waals surface area contributed by atoms with E-state index in [0.29, 0.717) is 19.3 Å². The van der Waals surface area contributed by atoms with Crippen LogP contribution < -0.4 is 0 Å². The van der Waals surface area contributed by atoms with Crippen molar-refractivity contribution in [2.75, 3.05) is 13.2 Å². The number of carbonyl (C=O) groups excluding carboxylic acids is 3. The third-order valence-electron chi connectivity index (χ3n) is 15.9. The molecule has 0 aliphatic carbocycles. The molecule has 476 valence electrons. The van der Waals surface area contributed by atoms with Gasteiger partial charge in [0.05, 0.1) is 0 Å². The molecule has 0 aliphatic heterocycles. The predicted molar refractivity (Wildman–Crippen MR) is 358 cm³/mol. The molecule has 0 radical (unpaired) electrons. The van der Waals surface area contributed by atoms with Crippen molar-refractivity contribution in [2.24, 2.45) is 0 Å². The second-order valence-corrected chi connectivity index (χ2v) is 24.1. The molecule has 6 heteroatoms. The lowest BCUT2D eigenvalue weighted by atomic mass is 10.0. The predicted octanol–water partition coefficient (Wildman–Crippen LogP) is 24.8. The van der Waals surface area contributed by atoms with Crippen molar-refractivity contribution in [1.29, 1.82) is 0 Å². The fraction of sp³-hybridized carbons (Fsp3) is 0.803. The zero-order chi connectivity index (χ0) is 59.2. The van der Waals surface area contributed by atoms with Gasteiger partial charge in [-0.15, -0.1) is 0 Å². The monoisotopic (exact) mass is 1150 g/mol. The summed E-state index contributed by atoms with van der Waals surface area (Å²) in [4.78, 5) is 38.5. The number of carbonyl (C=O) groups is 3. The highest BCUT2D eigenvalue weighted by atomic mass is 16.6. The Labute approximate surface area is 510 Å². The average molecular weight is 1150 g/mol. The summed E-state index contributed by atoms with van der Waals surface area (Å²) in [6.45, 7) is 6.65. The van der Waals surface area contributed by atoms with Crippen molar-refractivity contribution in [2.45, 2.75) is 380 Å². The molecule has 0 saturated heterocycles. The van der Waals surface area contributed by atoms with Gasteiger partial charge in [-0.1, -0.05) is 331 Å². The first-order chi connectivity index (χ1) is 40.5. The van der Waals surface area contributed by atoms with Crippen LogP contribution in [0.4, 0.5) is 0 Å². The molecule has 0 aromatic rings. The molecule has 0 spiro atoms. The molecule has 0 aliphatic rings. The third kappa shape index (κ3) is 67.6. The Morgan fingerprint density at radius 2 is 0.439 bits per heavy atom. The molecule has 0 heterocycles. The van der Waals surface area contributed by atoms with Crippen LogP contribution >= 0.6 is 0 Å². The van der Waals surface area contributed by atoms with Crippen molar-refractivity contribution < 1.29 is 28.6 Å². The summed E-state index contributed by atoms with van der Waals surface area (Å²) < 4.78 is 17.0. The SMILES string of the molecule is CCCCC/C=C\C/C=C\C/C=C\CCCCCCCCC(=O)OC(COC(=O)CCCCCCCCCCCCCCCC/C=C\C/C=C\C/C=C\CCCCCCC)COC(=O)CCCCCCCCCCCCCCCCCC. The Morgan fingerprint density at radius 3 is 0.707 bits per heavy atom. The molecular formula is C76H136O6. The first kappa shape index (κ1) is 78.8. The summed E-state index contributed by atoms with van der Waals surface area (Å²) in [5, 5.41) is 0. The van der Waals surface area contributed by atoms with Crippen LogP contribution in [0.25, 0.3) is 0 Å². The number of allylic oxidation sites excluding steroid dienone is 12. The standard InChI is InChI=1S/C76H136O6/c1-4-7-10-13-16-19-22-25-28-31-33-34-35-36-37-38-39-40-41-42-44-45-48-51-54-57-60-63-66-69-75(78)81-72-73(71-80-74(77)68-65-62-59-56-53-50-47-30-27-24-21-18-15-12-9-6-3)82-76(79)70-67-64-61-58-55-52-49-46-43-32-29-26-23-20-17-14-11-8-5-2/h17,20,22,25-26,29,31,33,35-36,43,46,73H,4-16,18-19,21,23-24,27-28,30,32,34,37-42,44-45,47-72H2,1-3H3/b20-17-,25-22-,29-26-,33-31-,36-35-,46-43-. The second kappa shape index (κ2) is 70.3. The lowest BCUT2D eigenvalue weighted by Gasteiger charge is -2.18. The summed E-state index contributed by atoms with van der Waals surface area (Å²) in [7, 11) is 0. The Morgan fingerprint density at radius 1 is 0.244 bits per heavy atom. The van der Waals surface area contributed by atoms with Crippen molar-refractivity contribution in [3.63, 3.8) is 0 Å².